The number of thiocarbonyl (C=S) groups is 1. The van der Waals surface area contributed by atoms with Crippen LogP contribution in [0.4, 0.5) is 5.13 Å². The fraction of sp³-hybridized carbons (Fsp3) is 0.636. The molecule has 0 saturated carbocycles. The molecule has 0 amide bonds. The summed E-state index contributed by atoms with van der Waals surface area (Å²) in [5.74, 6) is 0. The minimum Gasteiger partial charge on any atom is -0.392 e. The molecular weight excluding hydrogens is 252 g/mol. The van der Waals surface area contributed by atoms with E-state index >= 15 is 0 Å². The van der Waals surface area contributed by atoms with E-state index in [4.69, 9.17) is 18.0 Å². The van der Waals surface area contributed by atoms with Gasteiger partial charge < -0.3 is 10.6 Å². The SMILES string of the molecule is Cc1nc(N2CCN(CC(N)=S)CC2)sc1C. The van der Waals surface area contributed by atoms with E-state index < -0.39 is 0 Å². The third-order valence-corrected chi connectivity index (χ3v) is 4.30. The molecule has 17 heavy (non-hydrogen) atoms. The molecule has 94 valence electrons. The first-order chi connectivity index (χ1) is 8.06. The molecule has 0 atom stereocenters. The van der Waals surface area contributed by atoms with Gasteiger partial charge in [0.2, 0.25) is 0 Å². The summed E-state index contributed by atoms with van der Waals surface area (Å²) in [6.07, 6.45) is 0. The predicted molar refractivity (Wildman–Crippen MR) is 77.0 cm³/mol. The molecule has 0 radical (unpaired) electrons. The molecule has 1 saturated heterocycles. The van der Waals surface area contributed by atoms with Gasteiger partial charge in [0.05, 0.1) is 10.7 Å². The van der Waals surface area contributed by atoms with Crippen molar-refractivity contribution in [3.63, 3.8) is 0 Å². The number of nitrogens with zero attached hydrogens (tertiary/aromatic N) is 3. The van der Waals surface area contributed by atoms with Crippen molar-refractivity contribution in [3.8, 4) is 0 Å². The maximum atomic E-state index is 5.56. The molecule has 1 aromatic heterocycles. The Morgan fingerprint density at radius 1 is 1.35 bits per heavy atom. The van der Waals surface area contributed by atoms with Crippen molar-refractivity contribution in [2.75, 3.05) is 37.6 Å². The molecule has 0 aliphatic carbocycles. The molecule has 2 rings (SSSR count). The third kappa shape index (κ3) is 3.14. The van der Waals surface area contributed by atoms with Crippen molar-refractivity contribution in [1.29, 1.82) is 0 Å². The summed E-state index contributed by atoms with van der Waals surface area (Å²) in [7, 11) is 0. The van der Waals surface area contributed by atoms with E-state index in [0.29, 0.717) is 4.99 Å². The lowest BCUT2D eigenvalue weighted by Gasteiger charge is -2.34. The van der Waals surface area contributed by atoms with Crippen LogP contribution in [0.1, 0.15) is 10.6 Å². The first-order valence-corrected chi connectivity index (χ1v) is 6.98. The van der Waals surface area contributed by atoms with Crippen LogP contribution < -0.4 is 10.6 Å². The van der Waals surface area contributed by atoms with Crippen molar-refractivity contribution in [3.05, 3.63) is 10.6 Å². The van der Waals surface area contributed by atoms with E-state index in [1.54, 1.807) is 11.3 Å². The minimum absolute atomic E-state index is 0.583. The van der Waals surface area contributed by atoms with Gasteiger partial charge in [-0.25, -0.2) is 4.98 Å². The lowest BCUT2D eigenvalue weighted by atomic mass is 10.3. The number of hydrogen-bond acceptors (Lipinski definition) is 5. The highest BCUT2D eigenvalue weighted by Crippen LogP contribution is 2.25. The summed E-state index contributed by atoms with van der Waals surface area (Å²) in [6, 6.07) is 0. The largest absolute Gasteiger partial charge is 0.392 e. The van der Waals surface area contributed by atoms with E-state index in [1.807, 2.05) is 0 Å². The Balaban J connectivity index is 1.92. The van der Waals surface area contributed by atoms with Gasteiger partial charge in [0.1, 0.15) is 0 Å². The molecule has 1 aliphatic rings. The van der Waals surface area contributed by atoms with Crippen molar-refractivity contribution in [2.45, 2.75) is 13.8 Å². The van der Waals surface area contributed by atoms with Crippen molar-refractivity contribution < 1.29 is 0 Å². The summed E-state index contributed by atoms with van der Waals surface area (Å²) in [5, 5.41) is 1.15. The Morgan fingerprint density at radius 2 is 2.00 bits per heavy atom. The number of rotatable bonds is 3. The predicted octanol–water partition coefficient (Wildman–Crippen LogP) is 1.17. The Labute approximate surface area is 111 Å². The van der Waals surface area contributed by atoms with Crippen molar-refractivity contribution in [1.82, 2.24) is 9.88 Å². The number of thiazole rings is 1. The Morgan fingerprint density at radius 3 is 2.47 bits per heavy atom. The van der Waals surface area contributed by atoms with Crippen LogP contribution in [0.25, 0.3) is 0 Å². The number of aryl methyl sites for hydroxylation is 2. The van der Waals surface area contributed by atoms with E-state index in [2.05, 4.69) is 28.6 Å². The lowest BCUT2D eigenvalue weighted by Crippen LogP contribution is -2.48. The number of hydrogen-bond donors (Lipinski definition) is 1. The summed E-state index contributed by atoms with van der Waals surface area (Å²) in [5.41, 5.74) is 6.71. The van der Waals surface area contributed by atoms with Gasteiger partial charge in [-0.1, -0.05) is 12.2 Å². The summed E-state index contributed by atoms with van der Waals surface area (Å²) < 4.78 is 0. The second kappa shape index (κ2) is 5.29. The zero-order valence-corrected chi connectivity index (χ0v) is 11.9. The highest BCUT2D eigenvalue weighted by molar-refractivity contribution is 7.80. The quantitative estimate of drug-likeness (QED) is 0.835. The van der Waals surface area contributed by atoms with Crippen LogP contribution in [0.2, 0.25) is 0 Å². The molecule has 1 aliphatic heterocycles. The Kier molecular flexibility index (Phi) is 3.96. The second-order valence-electron chi connectivity index (χ2n) is 4.37. The average molecular weight is 270 g/mol. The monoisotopic (exact) mass is 270 g/mol. The van der Waals surface area contributed by atoms with Gasteiger partial charge in [-0.05, 0) is 13.8 Å². The number of nitrogens with two attached hydrogens (primary N) is 1. The van der Waals surface area contributed by atoms with Crippen LogP contribution in [0.15, 0.2) is 0 Å². The molecule has 0 aromatic carbocycles. The highest BCUT2D eigenvalue weighted by atomic mass is 32.1. The van der Waals surface area contributed by atoms with Crippen molar-refractivity contribution in [2.24, 2.45) is 5.73 Å². The minimum atomic E-state index is 0.583. The number of aromatic nitrogens is 1. The van der Waals surface area contributed by atoms with Crippen LogP contribution in [-0.2, 0) is 0 Å². The molecular formula is C11H18N4S2. The molecule has 0 unspecified atom stereocenters. The van der Waals surface area contributed by atoms with E-state index in [-0.39, 0.29) is 0 Å². The van der Waals surface area contributed by atoms with Crippen LogP contribution in [0, 0.1) is 13.8 Å². The molecule has 2 N–H and O–H groups in total. The summed E-state index contributed by atoms with van der Waals surface area (Å²) in [4.78, 5) is 11.1. The van der Waals surface area contributed by atoms with Crippen molar-refractivity contribution >= 4 is 33.7 Å². The molecule has 4 nitrogen and oxygen atoms in total. The zero-order chi connectivity index (χ0) is 12.4. The Hall–Kier alpha value is -0.720. The van der Waals surface area contributed by atoms with Crippen LogP contribution >= 0.6 is 23.6 Å². The smallest absolute Gasteiger partial charge is 0.185 e. The Bertz CT molecular complexity index is 388. The maximum absolute atomic E-state index is 5.56. The van der Waals surface area contributed by atoms with Gasteiger partial charge in [-0.3, -0.25) is 4.90 Å². The molecule has 2 heterocycles. The molecule has 0 spiro atoms. The fourth-order valence-electron chi connectivity index (χ4n) is 1.91. The molecule has 0 bridgehead atoms. The summed E-state index contributed by atoms with van der Waals surface area (Å²) >= 11 is 6.71. The average Bonchev–Trinajstić information content (AvgIpc) is 2.59. The fourth-order valence-corrected chi connectivity index (χ4v) is 3.05. The third-order valence-electron chi connectivity index (χ3n) is 3.04. The molecule has 1 fully saturated rings. The van der Waals surface area contributed by atoms with Gasteiger partial charge in [0.15, 0.2) is 5.13 Å². The van der Waals surface area contributed by atoms with Gasteiger partial charge in [0.25, 0.3) is 0 Å². The molecule has 6 heteroatoms. The topological polar surface area (TPSA) is 45.4 Å². The van der Waals surface area contributed by atoms with E-state index in [0.717, 1.165) is 43.5 Å². The van der Waals surface area contributed by atoms with E-state index in [1.165, 1.54) is 4.88 Å². The molecule has 1 aromatic rings. The standard InChI is InChI=1S/C11H18N4S2/c1-8-9(2)17-11(13-8)15-5-3-14(4-6-15)7-10(12)16/h3-7H2,1-2H3,(H2,12,16). The van der Waals surface area contributed by atoms with E-state index in [9.17, 15) is 0 Å². The number of anilines is 1. The summed E-state index contributed by atoms with van der Waals surface area (Å²) in [6.45, 7) is 8.96. The van der Waals surface area contributed by atoms with Gasteiger partial charge in [0, 0.05) is 37.6 Å². The van der Waals surface area contributed by atoms with Crippen LogP contribution in [0.3, 0.4) is 0 Å². The van der Waals surface area contributed by atoms with Crippen LogP contribution in [-0.4, -0.2) is 47.6 Å². The zero-order valence-electron chi connectivity index (χ0n) is 10.3. The van der Waals surface area contributed by atoms with Gasteiger partial charge in [-0.2, -0.15) is 0 Å². The second-order valence-corrected chi connectivity index (χ2v) is 6.07. The maximum Gasteiger partial charge on any atom is 0.185 e. The van der Waals surface area contributed by atoms with Crippen LogP contribution in [0.5, 0.6) is 0 Å². The first-order valence-electron chi connectivity index (χ1n) is 5.76. The first kappa shape index (κ1) is 12.7. The van der Waals surface area contributed by atoms with Gasteiger partial charge in [-0.15, -0.1) is 11.3 Å². The lowest BCUT2D eigenvalue weighted by molar-refractivity contribution is 0.292. The highest BCUT2D eigenvalue weighted by Gasteiger charge is 2.19. The number of piperazine rings is 1. The normalized spacial score (nSPS) is 17.4. The van der Waals surface area contributed by atoms with Gasteiger partial charge >= 0.3 is 0 Å².